The number of esters is 1. The van der Waals surface area contributed by atoms with Crippen molar-refractivity contribution in [3.63, 3.8) is 0 Å². The van der Waals surface area contributed by atoms with Gasteiger partial charge in [-0.05, 0) is 32.1 Å². The number of ether oxygens (including phenoxy) is 2. The molecule has 1 rings (SSSR count). The summed E-state index contributed by atoms with van der Waals surface area (Å²) in [5.74, 6) is 0.695. The molecule has 0 bridgehead atoms. The minimum Gasteiger partial charge on any atom is -0.435 e. The van der Waals surface area contributed by atoms with Crippen LogP contribution in [0.1, 0.15) is 120 Å². The molecule has 1 unspecified atom stereocenters. The zero-order valence-corrected chi connectivity index (χ0v) is 19.2. The van der Waals surface area contributed by atoms with Crippen LogP contribution in [0.2, 0.25) is 0 Å². The fourth-order valence-electron chi connectivity index (χ4n) is 2.88. The van der Waals surface area contributed by atoms with E-state index in [0.29, 0.717) is 6.61 Å². The van der Waals surface area contributed by atoms with E-state index >= 15 is 0 Å². The van der Waals surface area contributed by atoms with Gasteiger partial charge >= 0.3 is 5.97 Å². The minimum absolute atomic E-state index is 0.114. The summed E-state index contributed by atoms with van der Waals surface area (Å²) in [6.07, 6.45) is 11.1. The minimum atomic E-state index is -0.376. The Balaban J connectivity index is 0. The van der Waals surface area contributed by atoms with Crippen molar-refractivity contribution in [1.29, 1.82) is 0 Å². The Morgan fingerprint density at radius 3 is 1.92 bits per heavy atom. The fourth-order valence-corrected chi connectivity index (χ4v) is 2.88. The normalized spacial score (nSPS) is 15.8. The van der Waals surface area contributed by atoms with Gasteiger partial charge in [-0.3, -0.25) is 4.79 Å². The first kappa shape index (κ1) is 27.6. The summed E-state index contributed by atoms with van der Waals surface area (Å²) in [4.78, 5) is 12.3. The van der Waals surface area contributed by atoms with Crippen molar-refractivity contribution >= 4 is 5.97 Å². The average molecular weight is 373 g/mol. The van der Waals surface area contributed by atoms with Gasteiger partial charge in [0.25, 0.3) is 0 Å². The Kier molecular flexibility index (Phi) is 19.0. The van der Waals surface area contributed by atoms with E-state index in [1.54, 1.807) is 0 Å². The summed E-state index contributed by atoms with van der Waals surface area (Å²) >= 11 is 0. The largest absolute Gasteiger partial charge is 0.435 e. The van der Waals surface area contributed by atoms with Gasteiger partial charge in [0.05, 0.1) is 12.0 Å². The molecule has 0 aromatic heterocycles. The molecule has 3 heteroatoms. The Morgan fingerprint density at radius 1 is 1.00 bits per heavy atom. The highest BCUT2D eigenvalue weighted by Crippen LogP contribution is 2.29. The second kappa shape index (κ2) is 17.8. The van der Waals surface area contributed by atoms with Crippen molar-refractivity contribution < 1.29 is 14.3 Å². The number of rotatable bonds is 9. The first-order chi connectivity index (χ1) is 12.5. The van der Waals surface area contributed by atoms with E-state index in [4.69, 9.17) is 9.47 Å². The number of hydrogen-bond acceptors (Lipinski definition) is 3. The molecule has 158 valence electrons. The van der Waals surface area contributed by atoms with Crippen LogP contribution in [0.15, 0.2) is 0 Å². The Hall–Kier alpha value is -0.570. The lowest BCUT2D eigenvalue weighted by molar-refractivity contribution is -0.191. The van der Waals surface area contributed by atoms with Crippen molar-refractivity contribution in [2.75, 3.05) is 6.61 Å². The van der Waals surface area contributed by atoms with E-state index in [2.05, 4.69) is 13.8 Å². The monoisotopic (exact) mass is 372 g/mol. The molecule has 26 heavy (non-hydrogen) atoms. The SMILES string of the molecule is CC.CCC.CCC(OCCC1CCCCC1)OC(=O)C(C)(CC)CC. The molecular formula is C23H48O3. The molecule has 1 saturated carbocycles. The molecule has 1 aliphatic rings. The molecule has 0 aromatic rings. The van der Waals surface area contributed by atoms with Crippen molar-refractivity contribution in [1.82, 2.24) is 0 Å². The maximum Gasteiger partial charge on any atom is 0.314 e. The van der Waals surface area contributed by atoms with Gasteiger partial charge in [-0.2, -0.15) is 0 Å². The molecule has 0 heterocycles. The van der Waals surface area contributed by atoms with Gasteiger partial charge in [-0.25, -0.2) is 0 Å². The summed E-state index contributed by atoms with van der Waals surface area (Å²) in [5.41, 5.74) is -0.375. The maximum absolute atomic E-state index is 12.3. The molecule has 1 fully saturated rings. The molecule has 3 nitrogen and oxygen atoms in total. The van der Waals surface area contributed by atoms with Gasteiger partial charge in [0.1, 0.15) is 0 Å². The second-order valence-electron chi connectivity index (χ2n) is 7.38. The highest BCUT2D eigenvalue weighted by molar-refractivity contribution is 5.76. The van der Waals surface area contributed by atoms with E-state index in [0.717, 1.165) is 31.6 Å². The standard InChI is InChI=1S/C18H34O3.C3H8.C2H6/c1-5-16(21-17(19)18(4,6-2)7-3)20-14-13-15-11-9-8-10-12-15;1-3-2;1-2/h15-16H,5-14H2,1-4H3;3H2,1-2H3;1-2H3. The number of hydrogen-bond donors (Lipinski definition) is 0. The quantitative estimate of drug-likeness (QED) is 0.310. The van der Waals surface area contributed by atoms with Crippen LogP contribution in [0.4, 0.5) is 0 Å². The van der Waals surface area contributed by atoms with Gasteiger partial charge in [0.15, 0.2) is 0 Å². The topological polar surface area (TPSA) is 35.5 Å². The van der Waals surface area contributed by atoms with Gasteiger partial charge in [-0.15, -0.1) is 0 Å². The average Bonchev–Trinajstić information content (AvgIpc) is 2.69. The summed E-state index contributed by atoms with van der Waals surface area (Å²) in [7, 11) is 0. The lowest BCUT2D eigenvalue weighted by atomic mass is 9.85. The van der Waals surface area contributed by atoms with Crippen LogP contribution in [-0.2, 0) is 14.3 Å². The highest BCUT2D eigenvalue weighted by atomic mass is 16.7. The predicted octanol–water partition coefficient (Wildman–Crippen LogP) is 7.52. The van der Waals surface area contributed by atoms with Gasteiger partial charge in [0, 0.05) is 6.42 Å². The molecule has 0 amide bonds. The fraction of sp³-hybridized carbons (Fsp3) is 0.957. The van der Waals surface area contributed by atoms with Crippen LogP contribution in [-0.4, -0.2) is 18.9 Å². The zero-order chi connectivity index (χ0) is 20.4. The molecule has 0 saturated heterocycles. The first-order valence-corrected chi connectivity index (χ1v) is 11.3. The summed E-state index contributed by atoms with van der Waals surface area (Å²) in [5, 5.41) is 0. The van der Waals surface area contributed by atoms with Gasteiger partial charge in [0.2, 0.25) is 6.29 Å². The van der Waals surface area contributed by atoms with E-state index in [9.17, 15) is 4.79 Å². The van der Waals surface area contributed by atoms with Crippen LogP contribution in [0.3, 0.4) is 0 Å². The molecule has 0 aromatic carbocycles. The number of carbonyl (C=O) groups excluding carboxylic acids is 1. The molecule has 0 aliphatic heterocycles. The molecule has 1 aliphatic carbocycles. The lowest BCUT2D eigenvalue weighted by Gasteiger charge is -2.28. The summed E-state index contributed by atoms with van der Waals surface area (Å²) < 4.78 is 11.4. The van der Waals surface area contributed by atoms with Gasteiger partial charge in [-0.1, -0.05) is 87.0 Å². The van der Waals surface area contributed by atoms with Crippen LogP contribution in [0, 0.1) is 11.3 Å². The van der Waals surface area contributed by atoms with Crippen LogP contribution in [0.25, 0.3) is 0 Å². The Bertz CT molecular complexity index is 305. The predicted molar refractivity (Wildman–Crippen MR) is 113 cm³/mol. The molecule has 0 spiro atoms. The van der Waals surface area contributed by atoms with E-state index in [1.807, 2.05) is 41.5 Å². The molecule has 0 radical (unpaired) electrons. The van der Waals surface area contributed by atoms with Crippen LogP contribution < -0.4 is 0 Å². The van der Waals surface area contributed by atoms with E-state index in [1.165, 1.54) is 38.5 Å². The van der Waals surface area contributed by atoms with E-state index in [-0.39, 0.29) is 17.7 Å². The molecule has 0 N–H and O–H groups in total. The highest BCUT2D eigenvalue weighted by Gasteiger charge is 2.32. The van der Waals surface area contributed by atoms with Crippen molar-refractivity contribution in [2.45, 2.75) is 126 Å². The number of carbonyl (C=O) groups is 1. The maximum atomic E-state index is 12.3. The third-order valence-corrected chi connectivity index (χ3v) is 5.18. The van der Waals surface area contributed by atoms with E-state index < -0.39 is 0 Å². The van der Waals surface area contributed by atoms with Crippen molar-refractivity contribution in [3.8, 4) is 0 Å². The molecular weight excluding hydrogens is 324 g/mol. The lowest BCUT2D eigenvalue weighted by Crippen LogP contribution is -2.33. The summed E-state index contributed by atoms with van der Waals surface area (Å²) in [6.45, 7) is 17.0. The Morgan fingerprint density at radius 2 is 1.50 bits per heavy atom. The third kappa shape index (κ3) is 11.9. The van der Waals surface area contributed by atoms with Crippen LogP contribution in [0.5, 0.6) is 0 Å². The third-order valence-electron chi connectivity index (χ3n) is 5.18. The first-order valence-electron chi connectivity index (χ1n) is 11.3. The van der Waals surface area contributed by atoms with Crippen molar-refractivity contribution in [2.24, 2.45) is 11.3 Å². The summed E-state index contributed by atoms with van der Waals surface area (Å²) in [6, 6.07) is 0. The Labute approximate surface area is 164 Å². The second-order valence-corrected chi connectivity index (χ2v) is 7.38. The van der Waals surface area contributed by atoms with Crippen molar-refractivity contribution in [3.05, 3.63) is 0 Å². The zero-order valence-electron chi connectivity index (χ0n) is 19.2. The molecule has 1 atom stereocenters. The smallest absolute Gasteiger partial charge is 0.314 e. The van der Waals surface area contributed by atoms with Gasteiger partial charge < -0.3 is 9.47 Å². The van der Waals surface area contributed by atoms with Crippen LogP contribution >= 0.6 is 0 Å².